The largest absolute Gasteiger partial charge is 0.387 e. The summed E-state index contributed by atoms with van der Waals surface area (Å²) in [6.45, 7) is 10.1. The number of rotatable bonds is 9. The second-order valence-corrected chi connectivity index (χ2v) is 13.7. The summed E-state index contributed by atoms with van der Waals surface area (Å²) in [4.78, 5) is 0. The van der Waals surface area contributed by atoms with E-state index in [0.717, 1.165) is 30.4 Å². The molecule has 2 atom stereocenters. The van der Waals surface area contributed by atoms with Crippen LogP contribution in [-0.4, -0.2) is 9.13 Å². The van der Waals surface area contributed by atoms with Crippen LogP contribution in [0, 0.1) is 11.8 Å². The van der Waals surface area contributed by atoms with Gasteiger partial charge in [-0.05, 0) is 85.0 Å². The molecule has 1 aliphatic heterocycles. The van der Waals surface area contributed by atoms with Crippen LogP contribution < -0.4 is 15.9 Å². The molecular formula is C48H45N3. The summed E-state index contributed by atoms with van der Waals surface area (Å²) in [7, 11) is 0. The molecule has 1 aliphatic carbocycles. The van der Waals surface area contributed by atoms with Crippen molar-refractivity contribution in [3.05, 3.63) is 179 Å². The highest BCUT2D eigenvalue weighted by atomic mass is 15.0. The molecule has 4 aromatic carbocycles. The van der Waals surface area contributed by atoms with E-state index in [1.54, 1.807) is 0 Å². The summed E-state index contributed by atoms with van der Waals surface area (Å²) < 4.78 is 4.81. The number of fused-ring (bicyclic) bond motifs is 6. The van der Waals surface area contributed by atoms with Gasteiger partial charge in [0.25, 0.3) is 0 Å². The predicted molar refractivity (Wildman–Crippen MR) is 219 cm³/mol. The van der Waals surface area contributed by atoms with E-state index in [4.69, 9.17) is 0 Å². The molecule has 0 radical (unpaired) electrons. The van der Waals surface area contributed by atoms with Gasteiger partial charge < -0.3 is 14.5 Å². The zero-order valence-corrected chi connectivity index (χ0v) is 29.5. The van der Waals surface area contributed by atoms with Crippen molar-refractivity contribution < 1.29 is 0 Å². The Labute approximate surface area is 300 Å². The van der Waals surface area contributed by atoms with Crippen LogP contribution >= 0.6 is 0 Å². The molecule has 0 spiro atoms. The number of benzene rings is 4. The zero-order valence-electron chi connectivity index (χ0n) is 29.5. The van der Waals surface area contributed by atoms with Gasteiger partial charge in [-0.3, -0.25) is 0 Å². The van der Waals surface area contributed by atoms with Crippen molar-refractivity contribution in [3.63, 3.8) is 0 Å². The minimum Gasteiger partial charge on any atom is -0.387 e. The number of nitrogens with zero attached hydrogens (tertiary/aromatic N) is 2. The number of nitrogens with one attached hydrogen (secondary N) is 1. The first kappa shape index (κ1) is 32.4. The Balaban J connectivity index is 1.16. The Morgan fingerprint density at radius 3 is 2.43 bits per heavy atom. The van der Waals surface area contributed by atoms with Crippen LogP contribution in [0.15, 0.2) is 152 Å². The average molecular weight is 664 g/mol. The molecule has 1 N–H and O–H groups in total. The van der Waals surface area contributed by atoms with Gasteiger partial charge in [-0.25, -0.2) is 0 Å². The highest BCUT2D eigenvalue weighted by Crippen LogP contribution is 2.35. The molecule has 2 unspecified atom stereocenters. The summed E-state index contributed by atoms with van der Waals surface area (Å²) >= 11 is 0. The lowest BCUT2D eigenvalue weighted by atomic mass is 9.88. The van der Waals surface area contributed by atoms with Crippen LogP contribution in [0.1, 0.15) is 43.0 Å². The Kier molecular flexibility index (Phi) is 9.03. The van der Waals surface area contributed by atoms with E-state index in [2.05, 4.69) is 199 Å². The van der Waals surface area contributed by atoms with Crippen LogP contribution in [-0.2, 0) is 13.0 Å². The predicted octanol–water partition coefficient (Wildman–Crippen LogP) is 10.2. The standard InChI is InChI=1S/C48H45N3/c1-4-36(37-17-8-5-6-9-18-37)28-27-34(2)50-44-25-15-14-24-43(44)47-38(20-16-26-45(47)50)19-12-13-23-41-35(3)51(40-21-10-7-11-22-40)46-30-29-39-33-49-32-31-42(39)48(41)46/h5-18,20-32,34,36-37,49H,3-4,19,33H2,1-2H3/b13-12-,28-27-,41-23+. The SMILES string of the molecule is C=c1/c(=C\C=C/Cc2cccc3c2c2ccccc2n3C(C)/C=C\C(CC)C2C=CC=CC=C2)c2c3c(ccc2n1-c1ccccc1)CNC=C3. The molecule has 0 amide bonds. The number of hydrogen-bond donors (Lipinski definition) is 1. The molecule has 3 heterocycles. The molecule has 6 aromatic rings. The number of allylic oxidation sites excluding steroid dienone is 10. The van der Waals surface area contributed by atoms with Gasteiger partial charge >= 0.3 is 0 Å². The summed E-state index contributed by atoms with van der Waals surface area (Å²) in [5, 5.41) is 9.45. The number of para-hydroxylation sites is 2. The summed E-state index contributed by atoms with van der Waals surface area (Å²) in [6, 6.07) is 31.0. The highest BCUT2D eigenvalue weighted by Gasteiger charge is 2.18. The van der Waals surface area contributed by atoms with Crippen LogP contribution in [0.4, 0.5) is 0 Å². The fraction of sp³-hybridized carbons (Fsp3) is 0.167. The van der Waals surface area contributed by atoms with E-state index in [-0.39, 0.29) is 6.04 Å². The average Bonchev–Trinajstić information content (AvgIpc) is 3.50. The van der Waals surface area contributed by atoms with Gasteiger partial charge in [0.05, 0.1) is 5.52 Å². The topological polar surface area (TPSA) is 21.9 Å². The second kappa shape index (κ2) is 14.2. The minimum atomic E-state index is 0.213. The lowest BCUT2D eigenvalue weighted by Crippen LogP contribution is -2.26. The molecule has 2 aromatic heterocycles. The molecular weight excluding hydrogens is 619 g/mol. The molecule has 0 saturated heterocycles. The monoisotopic (exact) mass is 663 g/mol. The van der Waals surface area contributed by atoms with E-state index in [9.17, 15) is 0 Å². The molecule has 2 aliphatic rings. The summed E-state index contributed by atoms with van der Waals surface area (Å²) in [5.41, 5.74) is 8.79. The molecule has 0 bridgehead atoms. The molecule has 0 saturated carbocycles. The molecule has 3 nitrogen and oxygen atoms in total. The van der Waals surface area contributed by atoms with Gasteiger partial charge in [-0.15, -0.1) is 0 Å². The fourth-order valence-electron chi connectivity index (χ4n) is 8.12. The molecule has 252 valence electrons. The van der Waals surface area contributed by atoms with Crippen molar-refractivity contribution in [2.75, 3.05) is 0 Å². The van der Waals surface area contributed by atoms with Gasteiger partial charge in [-0.1, -0.05) is 135 Å². The van der Waals surface area contributed by atoms with E-state index in [1.807, 2.05) is 0 Å². The van der Waals surface area contributed by atoms with Crippen molar-refractivity contribution in [1.82, 2.24) is 14.5 Å². The third-order valence-electron chi connectivity index (χ3n) is 10.6. The van der Waals surface area contributed by atoms with Gasteiger partial charge in [0.2, 0.25) is 0 Å². The molecule has 0 fully saturated rings. The smallest absolute Gasteiger partial charge is 0.0547 e. The quantitative estimate of drug-likeness (QED) is 0.153. The van der Waals surface area contributed by atoms with Crippen LogP contribution in [0.2, 0.25) is 0 Å². The summed E-state index contributed by atoms with van der Waals surface area (Å²) in [6.07, 6.45) is 31.1. The molecule has 3 heteroatoms. The van der Waals surface area contributed by atoms with E-state index in [1.165, 1.54) is 54.6 Å². The zero-order chi connectivity index (χ0) is 34.7. The van der Waals surface area contributed by atoms with Gasteiger partial charge in [0.15, 0.2) is 0 Å². The van der Waals surface area contributed by atoms with Crippen molar-refractivity contribution in [3.8, 4) is 5.69 Å². The molecule has 8 rings (SSSR count). The fourth-order valence-corrected chi connectivity index (χ4v) is 8.12. The van der Waals surface area contributed by atoms with Crippen LogP contribution in [0.3, 0.4) is 0 Å². The molecule has 51 heavy (non-hydrogen) atoms. The minimum absolute atomic E-state index is 0.213. The Bertz CT molecular complexity index is 2510. The van der Waals surface area contributed by atoms with Crippen LogP contribution in [0.25, 0.3) is 57.1 Å². The first-order valence-electron chi connectivity index (χ1n) is 18.3. The van der Waals surface area contributed by atoms with Crippen molar-refractivity contribution in [1.29, 1.82) is 0 Å². The second-order valence-electron chi connectivity index (χ2n) is 13.7. The maximum absolute atomic E-state index is 4.62. The van der Waals surface area contributed by atoms with E-state index < -0.39 is 0 Å². The van der Waals surface area contributed by atoms with Crippen molar-refractivity contribution in [2.45, 2.75) is 39.3 Å². The Hall–Kier alpha value is -5.80. The van der Waals surface area contributed by atoms with Crippen molar-refractivity contribution >= 4 is 51.4 Å². The normalized spacial score (nSPS) is 16.2. The third kappa shape index (κ3) is 6.04. The number of aromatic nitrogens is 2. The lowest BCUT2D eigenvalue weighted by molar-refractivity contribution is 0.534. The first-order chi connectivity index (χ1) is 25.1. The van der Waals surface area contributed by atoms with E-state index >= 15 is 0 Å². The van der Waals surface area contributed by atoms with Crippen LogP contribution in [0.5, 0.6) is 0 Å². The highest BCUT2D eigenvalue weighted by molar-refractivity contribution is 6.10. The van der Waals surface area contributed by atoms with Gasteiger partial charge in [0, 0.05) is 62.0 Å². The first-order valence-corrected chi connectivity index (χ1v) is 18.3. The summed E-state index contributed by atoms with van der Waals surface area (Å²) in [5.74, 6) is 0.874. The number of hydrogen-bond acceptors (Lipinski definition) is 1. The third-order valence-corrected chi connectivity index (χ3v) is 10.6. The Morgan fingerprint density at radius 1 is 0.824 bits per heavy atom. The van der Waals surface area contributed by atoms with Crippen molar-refractivity contribution in [2.24, 2.45) is 11.8 Å². The van der Waals surface area contributed by atoms with E-state index in [0.29, 0.717) is 11.8 Å². The lowest BCUT2D eigenvalue weighted by Gasteiger charge is -2.19. The van der Waals surface area contributed by atoms with Gasteiger partial charge in [0.1, 0.15) is 0 Å². The Morgan fingerprint density at radius 2 is 1.61 bits per heavy atom. The maximum atomic E-state index is 4.62. The maximum Gasteiger partial charge on any atom is 0.0547 e. The van der Waals surface area contributed by atoms with Gasteiger partial charge in [-0.2, -0.15) is 0 Å².